The zero-order chi connectivity index (χ0) is 10.6. The molecule has 2 N–H and O–H groups in total. The molecule has 0 fully saturated rings. The zero-order valence-electron chi connectivity index (χ0n) is 9.20. The number of hydrogen-bond donors (Lipinski definition) is 1. The van der Waals surface area contributed by atoms with Crippen molar-refractivity contribution in [2.24, 2.45) is 11.7 Å². The molecule has 14 heavy (non-hydrogen) atoms. The number of nitrogens with zero attached hydrogens (tertiary/aromatic N) is 2. The SMILES string of the molecule is CCn1cc(/C=C(/CN)C(C)C)cn1. The van der Waals surface area contributed by atoms with E-state index in [4.69, 9.17) is 5.73 Å². The highest BCUT2D eigenvalue weighted by Crippen LogP contribution is 2.12. The number of hydrogen-bond acceptors (Lipinski definition) is 2. The second kappa shape index (κ2) is 4.96. The minimum Gasteiger partial charge on any atom is -0.327 e. The first-order valence-electron chi connectivity index (χ1n) is 5.10. The number of aryl methyl sites for hydroxylation is 1. The fraction of sp³-hybridized carbons (Fsp3) is 0.545. The predicted molar refractivity (Wildman–Crippen MR) is 59.8 cm³/mol. The summed E-state index contributed by atoms with van der Waals surface area (Å²) in [7, 11) is 0. The maximum Gasteiger partial charge on any atom is 0.0562 e. The van der Waals surface area contributed by atoms with Crippen LogP contribution in [0.15, 0.2) is 18.0 Å². The van der Waals surface area contributed by atoms with Gasteiger partial charge in [-0.25, -0.2) is 0 Å². The molecular formula is C11H19N3. The van der Waals surface area contributed by atoms with E-state index in [0.29, 0.717) is 12.5 Å². The van der Waals surface area contributed by atoms with Gasteiger partial charge in [0.1, 0.15) is 0 Å². The maximum atomic E-state index is 5.67. The summed E-state index contributed by atoms with van der Waals surface area (Å²) in [6, 6.07) is 0. The smallest absolute Gasteiger partial charge is 0.0562 e. The van der Waals surface area contributed by atoms with Crippen molar-refractivity contribution in [1.29, 1.82) is 0 Å². The summed E-state index contributed by atoms with van der Waals surface area (Å²) in [5.74, 6) is 0.505. The Kier molecular flexibility index (Phi) is 3.89. The van der Waals surface area contributed by atoms with Gasteiger partial charge in [0.25, 0.3) is 0 Å². The molecule has 0 aromatic carbocycles. The Balaban J connectivity index is 2.83. The Morgan fingerprint density at radius 3 is 2.79 bits per heavy atom. The lowest BCUT2D eigenvalue weighted by Crippen LogP contribution is -2.07. The van der Waals surface area contributed by atoms with Crippen LogP contribution in [0, 0.1) is 5.92 Å². The summed E-state index contributed by atoms with van der Waals surface area (Å²) in [4.78, 5) is 0. The second-order valence-corrected chi connectivity index (χ2v) is 3.71. The fourth-order valence-corrected chi connectivity index (χ4v) is 1.30. The van der Waals surface area contributed by atoms with E-state index in [1.54, 1.807) is 0 Å². The molecule has 0 unspecified atom stereocenters. The topological polar surface area (TPSA) is 43.8 Å². The van der Waals surface area contributed by atoms with E-state index in [9.17, 15) is 0 Å². The molecule has 0 atom stereocenters. The largest absolute Gasteiger partial charge is 0.327 e. The van der Waals surface area contributed by atoms with Crippen molar-refractivity contribution in [2.75, 3.05) is 6.54 Å². The standard InChI is InChI=1S/C11H19N3/c1-4-14-8-10(7-13-14)5-11(6-12)9(2)3/h5,7-9H,4,6,12H2,1-3H3/b11-5-. The third kappa shape index (κ3) is 2.70. The molecule has 0 aliphatic heterocycles. The summed E-state index contributed by atoms with van der Waals surface area (Å²) in [5, 5.41) is 4.21. The molecular weight excluding hydrogens is 174 g/mol. The monoisotopic (exact) mass is 193 g/mol. The highest BCUT2D eigenvalue weighted by atomic mass is 15.3. The average molecular weight is 193 g/mol. The molecule has 3 nitrogen and oxygen atoms in total. The molecule has 0 saturated heterocycles. The van der Waals surface area contributed by atoms with Crippen LogP contribution >= 0.6 is 0 Å². The molecule has 78 valence electrons. The van der Waals surface area contributed by atoms with E-state index >= 15 is 0 Å². The van der Waals surface area contributed by atoms with E-state index < -0.39 is 0 Å². The summed E-state index contributed by atoms with van der Waals surface area (Å²) in [6.07, 6.45) is 6.05. The van der Waals surface area contributed by atoms with Crippen LogP contribution in [-0.2, 0) is 6.54 Å². The summed E-state index contributed by atoms with van der Waals surface area (Å²) in [6.45, 7) is 7.92. The molecule has 0 amide bonds. The van der Waals surface area contributed by atoms with Gasteiger partial charge in [0.15, 0.2) is 0 Å². The first-order chi connectivity index (χ1) is 6.67. The van der Waals surface area contributed by atoms with Gasteiger partial charge in [0, 0.05) is 24.8 Å². The van der Waals surface area contributed by atoms with Gasteiger partial charge in [0.2, 0.25) is 0 Å². The third-order valence-corrected chi connectivity index (χ3v) is 2.31. The van der Waals surface area contributed by atoms with Crippen LogP contribution in [-0.4, -0.2) is 16.3 Å². The molecule has 0 saturated carbocycles. The molecule has 1 heterocycles. The van der Waals surface area contributed by atoms with Crippen LogP contribution in [0.4, 0.5) is 0 Å². The quantitative estimate of drug-likeness (QED) is 0.793. The van der Waals surface area contributed by atoms with Crippen LogP contribution in [0.2, 0.25) is 0 Å². The van der Waals surface area contributed by atoms with Crippen LogP contribution in [0.1, 0.15) is 26.3 Å². The fourth-order valence-electron chi connectivity index (χ4n) is 1.30. The normalized spacial score (nSPS) is 12.5. The molecule has 1 rings (SSSR count). The zero-order valence-corrected chi connectivity index (χ0v) is 9.20. The lowest BCUT2D eigenvalue weighted by atomic mass is 10.0. The van der Waals surface area contributed by atoms with Crippen molar-refractivity contribution in [2.45, 2.75) is 27.3 Å². The summed E-state index contributed by atoms with van der Waals surface area (Å²) in [5.41, 5.74) is 8.07. The van der Waals surface area contributed by atoms with Crippen LogP contribution < -0.4 is 5.73 Å². The van der Waals surface area contributed by atoms with Gasteiger partial charge >= 0.3 is 0 Å². The Morgan fingerprint density at radius 1 is 1.64 bits per heavy atom. The lowest BCUT2D eigenvalue weighted by Gasteiger charge is -2.07. The molecule has 3 heteroatoms. The third-order valence-electron chi connectivity index (χ3n) is 2.31. The van der Waals surface area contributed by atoms with Crippen LogP contribution in [0.3, 0.4) is 0 Å². The average Bonchev–Trinajstić information content (AvgIpc) is 2.61. The van der Waals surface area contributed by atoms with Gasteiger partial charge in [-0.15, -0.1) is 0 Å². The van der Waals surface area contributed by atoms with E-state index in [0.717, 1.165) is 12.1 Å². The van der Waals surface area contributed by atoms with Gasteiger partial charge in [-0.1, -0.05) is 25.5 Å². The van der Waals surface area contributed by atoms with E-state index in [1.807, 2.05) is 17.1 Å². The first-order valence-corrected chi connectivity index (χ1v) is 5.10. The van der Waals surface area contributed by atoms with Crippen molar-refractivity contribution in [1.82, 2.24) is 9.78 Å². The minimum absolute atomic E-state index is 0.505. The highest BCUT2D eigenvalue weighted by Gasteiger charge is 2.01. The van der Waals surface area contributed by atoms with Crippen molar-refractivity contribution in [3.63, 3.8) is 0 Å². The number of rotatable bonds is 4. The van der Waals surface area contributed by atoms with Gasteiger partial charge in [0.05, 0.1) is 6.20 Å². The summed E-state index contributed by atoms with van der Waals surface area (Å²) < 4.78 is 1.92. The van der Waals surface area contributed by atoms with Crippen molar-refractivity contribution in [3.8, 4) is 0 Å². The van der Waals surface area contributed by atoms with E-state index in [2.05, 4.69) is 31.9 Å². The van der Waals surface area contributed by atoms with Gasteiger partial charge in [-0.2, -0.15) is 5.10 Å². The minimum atomic E-state index is 0.505. The maximum absolute atomic E-state index is 5.67. The van der Waals surface area contributed by atoms with Gasteiger partial charge in [-0.05, 0) is 12.8 Å². The molecule has 0 aliphatic carbocycles. The Morgan fingerprint density at radius 2 is 2.36 bits per heavy atom. The second-order valence-electron chi connectivity index (χ2n) is 3.71. The van der Waals surface area contributed by atoms with Crippen molar-refractivity contribution in [3.05, 3.63) is 23.5 Å². The Labute approximate surface area is 85.6 Å². The Bertz CT molecular complexity index is 310. The van der Waals surface area contributed by atoms with E-state index in [-0.39, 0.29) is 0 Å². The number of aromatic nitrogens is 2. The van der Waals surface area contributed by atoms with Gasteiger partial charge in [-0.3, -0.25) is 4.68 Å². The molecule has 0 radical (unpaired) electrons. The van der Waals surface area contributed by atoms with Crippen molar-refractivity contribution < 1.29 is 0 Å². The first kappa shape index (κ1) is 11.0. The highest BCUT2D eigenvalue weighted by molar-refractivity contribution is 5.51. The molecule has 0 bridgehead atoms. The van der Waals surface area contributed by atoms with E-state index in [1.165, 1.54) is 5.57 Å². The predicted octanol–water partition coefficient (Wildman–Crippen LogP) is 1.90. The molecule has 0 aliphatic rings. The summed E-state index contributed by atoms with van der Waals surface area (Å²) >= 11 is 0. The van der Waals surface area contributed by atoms with Gasteiger partial charge < -0.3 is 5.73 Å². The Hall–Kier alpha value is -1.09. The number of nitrogens with two attached hydrogens (primary N) is 1. The molecule has 1 aromatic heterocycles. The molecule has 0 spiro atoms. The van der Waals surface area contributed by atoms with Crippen LogP contribution in [0.5, 0.6) is 0 Å². The lowest BCUT2D eigenvalue weighted by molar-refractivity contribution is 0.659. The van der Waals surface area contributed by atoms with Crippen molar-refractivity contribution >= 4 is 6.08 Å². The molecule has 1 aromatic rings. The van der Waals surface area contributed by atoms with Crippen LogP contribution in [0.25, 0.3) is 6.08 Å².